The highest BCUT2D eigenvalue weighted by molar-refractivity contribution is 5.88. The SMILES string of the molecule is [C-]#[N+]c1cnn(C)c1-c1c(C#N)c(N2CCC3(CN(C(=O)C=C)C3)C2)nc2c1COC2(C)C. The van der Waals surface area contributed by atoms with Gasteiger partial charge >= 0.3 is 0 Å². The summed E-state index contributed by atoms with van der Waals surface area (Å²) in [4.78, 5) is 24.5. The predicted molar refractivity (Wildman–Crippen MR) is 121 cm³/mol. The highest BCUT2D eigenvalue weighted by atomic mass is 16.5. The van der Waals surface area contributed by atoms with Crippen LogP contribution in [0.4, 0.5) is 11.5 Å². The lowest BCUT2D eigenvalue weighted by molar-refractivity contribution is -0.136. The predicted octanol–water partition coefficient (Wildman–Crippen LogP) is 2.89. The van der Waals surface area contributed by atoms with Crippen LogP contribution < -0.4 is 4.90 Å². The maximum Gasteiger partial charge on any atom is 0.245 e. The molecule has 9 nitrogen and oxygen atoms in total. The number of pyridine rings is 1. The van der Waals surface area contributed by atoms with Gasteiger partial charge in [0, 0.05) is 49.8 Å². The van der Waals surface area contributed by atoms with Gasteiger partial charge in [0.2, 0.25) is 11.6 Å². The summed E-state index contributed by atoms with van der Waals surface area (Å²) in [7, 11) is 1.78. The molecule has 2 aromatic heterocycles. The van der Waals surface area contributed by atoms with Crippen LogP contribution in [0.3, 0.4) is 0 Å². The van der Waals surface area contributed by atoms with Crippen molar-refractivity contribution in [3.05, 3.63) is 47.1 Å². The van der Waals surface area contributed by atoms with Gasteiger partial charge in [-0.3, -0.25) is 9.48 Å². The van der Waals surface area contributed by atoms with Crippen LogP contribution in [0.2, 0.25) is 0 Å². The van der Waals surface area contributed by atoms with E-state index in [4.69, 9.17) is 16.3 Å². The van der Waals surface area contributed by atoms with E-state index in [1.54, 1.807) is 16.6 Å². The summed E-state index contributed by atoms with van der Waals surface area (Å²) in [5.41, 5.74) is 3.18. The Labute approximate surface area is 192 Å². The van der Waals surface area contributed by atoms with Crippen LogP contribution in [0.15, 0.2) is 18.9 Å². The molecule has 2 fully saturated rings. The summed E-state index contributed by atoms with van der Waals surface area (Å²) < 4.78 is 7.70. The molecule has 0 saturated carbocycles. The van der Waals surface area contributed by atoms with Crippen molar-refractivity contribution in [3.8, 4) is 17.3 Å². The van der Waals surface area contributed by atoms with Crippen LogP contribution in [-0.2, 0) is 28.8 Å². The van der Waals surface area contributed by atoms with E-state index in [0.29, 0.717) is 48.0 Å². The number of fused-ring (bicyclic) bond motifs is 1. The fourth-order valence-electron chi connectivity index (χ4n) is 5.39. The van der Waals surface area contributed by atoms with Crippen molar-refractivity contribution in [2.75, 3.05) is 31.1 Å². The van der Waals surface area contributed by atoms with E-state index in [0.717, 1.165) is 30.8 Å². The zero-order valence-corrected chi connectivity index (χ0v) is 19.1. The Kier molecular flexibility index (Phi) is 4.59. The molecule has 0 atom stereocenters. The van der Waals surface area contributed by atoms with Gasteiger partial charge in [-0.2, -0.15) is 10.4 Å². The van der Waals surface area contributed by atoms with Crippen molar-refractivity contribution in [1.29, 1.82) is 5.26 Å². The van der Waals surface area contributed by atoms with Crippen LogP contribution in [0.5, 0.6) is 0 Å². The lowest BCUT2D eigenvalue weighted by atomic mass is 9.79. The Balaban J connectivity index is 1.62. The molecular formula is C24H25N7O2. The number of hydrogen-bond acceptors (Lipinski definition) is 6. The smallest absolute Gasteiger partial charge is 0.245 e. The van der Waals surface area contributed by atoms with Crippen molar-refractivity contribution in [1.82, 2.24) is 19.7 Å². The molecule has 1 amide bonds. The molecule has 168 valence electrons. The molecule has 9 heteroatoms. The number of carbonyl (C=O) groups excluding carboxylic acids is 1. The third-order valence-corrected chi connectivity index (χ3v) is 7.09. The van der Waals surface area contributed by atoms with Crippen molar-refractivity contribution in [2.45, 2.75) is 32.5 Å². The fourth-order valence-corrected chi connectivity index (χ4v) is 5.39. The zero-order valence-electron chi connectivity index (χ0n) is 19.1. The first-order valence-corrected chi connectivity index (χ1v) is 10.9. The highest BCUT2D eigenvalue weighted by Crippen LogP contribution is 2.48. The average molecular weight is 444 g/mol. The lowest BCUT2D eigenvalue weighted by Crippen LogP contribution is -2.59. The molecule has 5 heterocycles. The third-order valence-electron chi connectivity index (χ3n) is 7.09. The highest BCUT2D eigenvalue weighted by Gasteiger charge is 2.50. The molecule has 0 N–H and O–H groups in total. The molecule has 0 bridgehead atoms. The lowest BCUT2D eigenvalue weighted by Gasteiger charge is -2.47. The molecule has 0 aromatic carbocycles. The minimum absolute atomic E-state index is 0.00642. The number of hydrogen-bond donors (Lipinski definition) is 0. The summed E-state index contributed by atoms with van der Waals surface area (Å²) >= 11 is 0. The standard InChI is InChI=1S/C24H25N7O2/c1-6-18(32)31-13-24(14-31)7-8-30(12-24)22-15(9-25)19(20-17(26-4)10-27-29(20)5)16-11-33-23(2,3)21(16)28-22/h6,10H,1,7-8,11-14H2,2-3,5H3. The molecule has 0 radical (unpaired) electrons. The van der Waals surface area contributed by atoms with E-state index in [2.05, 4.69) is 27.5 Å². The summed E-state index contributed by atoms with van der Waals surface area (Å²) in [5, 5.41) is 14.6. The maximum absolute atomic E-state index is 11.9. The van der Waals surface area contributed by atoms with E-state index in [-0.39, 0.29) is 11.3 Å². The molecule has 33 heavy (non-hydrogen) atoms. The van der Waals surface area contributed by atoms with Gasteiger partial charge in [0.1, 0.15) is 23.1 Å². The average Bonchev–Trinajstić information content (AvgIpc) is 3.46. The first-order chi connectivity index (χ1) is 15.7. The zero-order chi connectivity index (χ0) is 23.5. The Hall–Kier alpha value is -3.69. The molecule has 0 aliphatic carbocycles. The van der Waals surface area contributed by atoms with Crippen molar-refractivity contribution in [2.24, 2.45) is 12.5 Å². The van der Waals surface area contributed by atoms with E-state index in [9.17, 15) is 10.1 Å². The van der Waals surface area contributed by atoms with Crippen LogP contribution in [0, 0.1) is 23.3 Å². The molecule has 2 saturated heterocycles. The number of amides is 1. The van der Waals surface area contributed by atoms with Crippen LogP contribution in [0.1, 0.15) is 37.1 Å². The van der Waals surface area contributed by atoms with Crippen molar-refractivity contribution < 1.29 is 9.53 Å². The van der Waals surface area contributed by atoms with Gasteiger partial charge in [0.05, 0.1) is 30.8 Å². The summed E-state index contributed by atoms with van der Waals surface area (Å²) in [6, 6.07) is 2.38. The second kappa shape index (κ2) is 7.16. The largest absolute Gasteiger partial charge is 0.364 e. The van der Waals surface area contributed by atoms with Gasteiger partial charge in [0.15, 0.2) is 0 Å². The van der Waals surface area contributed by atoms with Crippen molar-refractivity contribution >= 4 is 17.4 Å². The third kappa shape index (κ3) is 3.04. The fraction of sp³-hybridized carbons (Fsp3) is 0.458. The Morgan fingerprint density at radius 3 is 2.82 bits per heavy atom. The molecule has 1 spiro atoms. The van der Waals surface area contributed by atoms with Gasteiger partial charge < -0.3 is 14.5 Å². The number of likely N-dealkylation sites (tertiary alicyclic amines) is 1. The topological polar surface area (TPSA) is 91.6 Å². The molecule has 3 aliphatic rings. The Morgan fingerprint density at radius 1 is 1.39 bits per heavy atom. The molecular weight excluding hydrogens is 418 g/mol. The normalized spacial score (nSPS) is 19.7. The number of anilines is 1. The van der Waals surface area contributed by atoms with Crippen molar-refractivity contribution in [3.63, 3.8) is 0 Å². The van der Waals surface area contributed by atoms with Gasteiger partial charge in [-0.15, -0.1) is 0 Å². The number of ether oxygens (including phenoxy) is 1. The second-order valence-electron chi connectivity index (χ2n) is 9.61. The Morgan fingerprint density at radius 2 is 2.15 bits per heavy atom. The number of aromatic nitrogens is 3. The van der Waals surface area contributed by atoms with E-state index < -0.39 is 5.60 Å². The summed E-state index contributed by atoms with van der Waals surface area (Å²) in [5.74, 6) is 0.573. The summed E-state index contributed by atoms with van der Waals surface area (Å²) in [6.45, 7) is 18.3. The van der Waals surface area contributed by atoms with Gasteiger partial charge in [-0.1, -0.05) is 6.58 Å². The van der Waals surface area contributed by atoms with Gasteiger partial charge in [-0.05, 0) is 26.3 Å². The van der Waals surface area contributed by atoms with Gasteiger partial charge in [-0.25, -0.2) is 9.83 Å². The first kappa shape index (κ1) is 21.2. The van der Waals surface area contributed by atoms with Crippen LogP contribution in [0.25, 0.3) is 16.1 Å². The van der Waals surface area contributed by atoms with Gasteiger partial charge in [0.25, 0.3) is 0 Å². The van der Waals surface area contributed by atoms with E-state index in [1.165, 1.54) is 12.3 Å². The minimum Gasteiger partial charge on any atom is -0.364 e. The molecule has 0 unspecified atom stereocenters. The molecule has 3 aliphatic heterocycles. The van der Waals surface area contributed by atoms with E-state index >= 15 is 0 Å². The molecule has 2 aromatic rings. The number of nitriles is 1. The summed E-state index contributed by atoms with van der Waals surface area (Å²) in [6.07, 6.45) is 3.81. The minimum atomic E-state index is -0.606. The maximum atomic E-state index is 11.9. The first-order valence-electron chi connectivity index (χ1n) is 10.9. The Bertz CT molecular complexity index is 1270. The molecule has 5 rings (SSSR count). The monoisotopic (exact) mass is 443 g/mol. The van der Waals surface area contributed by atoms with E-state index in [1.807, 2.05) is 13.8 Å². The second-order valence-corrected chi connectivity index (χ2v) is 9.61. The quantitative estimate of drug-likeness (QED) is 0.535. The number of nitrogens with zero attached hydrogens (tertiary/aromatic N) is 7. The van der Waals surface area contributed by atoms with Crippen LogP contribution >= 0.6 is 0 Å². The van der Waals surface area contributed by atoms with Crippen LogP contribution in [-0.4, -0.2) is 51.8 Å². The number of carbonyl (C=O) groups is 1. The number of aryl methyl sites for hydroxylation is 1. The number of rotatable bonds is 3.